The van der Waals surface area contributed by atoms with E-state index in [2.05, 4.69) is 16.0 Å². The van der Waals surface area contributed by atoms with Gasteiger partial charge in [-0.1, -0.05) is 0 Å². The fourth-order valence-corrected chi connectivity index (χ4v) is 3.21. The first-order chi connectivity index (χ1) is 13.0. The number of hydrogen-bond acceptors (Lipinski definition) is 6. The molecule has 2 heterocycles. The number of carbonyl (C=O) groups is 3. The zero-order chi connectivity index (χ0) is 19.4. The number of carbonyl (C=O) groups excluding carboxylic acids is 3. The van der Waals surface area contributed by atoms with Crippen LogP contribution in [0, 0.1) is 5.92 Å². The molecule has 0 saturated carbocycles. The van der Waals surface area contributed by atoms with Gasteiger partial charge in [-0.05, 0) is 45.0 Å². The van der Waals surface area contributed by atoms with Crippen LogP contribution in [0.1, 0.15) is 19.8 Å². The quantitative estimate of drug-likeness (QED) is 0.721. The number of piperidine rings is 1. The summed E-state index contributed by atoms with van der Waals surface area (Å²) in [6.45, 7) is 3.17. The van der Waals surface area contributed by atoms with Gasteiger partial charge in [0.2, 0.25) is 18.6 Å². The molecule has 0 bridgehead atoms. The number of imide groups is 1. The van der Waals surface area contributed by atoms with E-state index in [1.165, 1.54) is 7.05 Å². The highest BCUT2D eigenvalue weighted by Crippen LogP contribution is 2.34. The van der Waals surface area contributed by atoms with Crippen LogP contribution in [0.4, 0.5) is 10.5 Å². The summed E-state index contributed by atoms with van der Waals surface area (Å²) in [7, 11) is 1.46. The topological polar surface area (TPSA) is 109 Å². The zero-order valence-corrected chi connectivity index (χ0v) is 15.4. The van der Waals surface area contributed by atoms with Crippen LogP contribution < -0.4 is 25.4 Å². The molecule has 2 aliphatic rings. The molecular formula is C18H24N4O5. The third-order valence-corrected chi connectivity index (χ3v) is 4.93. The van der Waals surface area contributed by atoms with Gasteiger partial charge >= 0.3 is 6.03 Å². The molecule has 4 amide bonds. The number of hydrogen-bond donors (Lipinski definition) is 3. The van der Waals surface area contributed by atoms with Crippen molar-refractivity contribution in [2.24, 2.45) is 5.92 Å². The van der Waals surface area contributed by atoms with Crippen molar-refractivity contribution < 1.29 is 23.9 Å². The first-order valence-electron chi connectivity index (χ1n) is 8.95. The Hall–Kier alpha value is -2.81. The molecule has 1 aromatic carbocycles. The van der Waals surface area contributed by atoms with Crippen LogP contribution in [-0.2, 0) is 9.59 Å². The summed E-state index contributed by atoms with van der Waals surface area (Å²) in [6.07, 6.45) is 1.29. The lowest BCUT2D eigenvalue weighted by Gasteiger charge is -2.34. The van der Waals surface area contributed by atoms with Gasteiger partial charge in [0.15, 0.2) is 11.5 Å². The van der Waals surface area contributed by atoms with Crippen molar-refractivity contribution in [3.63, 3.8) is 0 Å². The molecular weight excluding hydrogens is 352 g/mol. The molecule has 2 aliphatic heterocycles. The molecule has 0 radical (unpaired) electrons. The minimum absolute atomic E-state index is 0.0454. The van der Waals surface area contributed by atoms with Crippen molar-refractivity contribution in [3.8, 4) is 11.5 Å². The van der Waals surface area contributed by atoms with E-state index in [9.17, 15) is 14.4 Å². The van der Waals surface area contributed by atoms with E-state index < -0.39 is 12.1 Å². The van der Waals surface area contributed by atoms with Gasteiger partial charge in [0.25, 0.3) is 0 Å². The maximum absolute atomic E-state index is 12.5. The third kappa shape index (κ3) is 4.48. The molecule has 0 spiro atoms. The normalized spacial score (nSPS) is 17.9. The number of nitrogens with one attached hydrogen (secondary N) is 3. The minimum Gasteiger partial charge on any atom is -0.454 e. The van der Waals surface area contributed by atoms with E-state index in [0.29, 0.717) is 43.1 Å². The van der Waals surface area contributed by atoms with Gasteiger partial charge in [0.05, 0.1) is 6.04 Å². The second-order valence-corrected chi connectivity index (χ2v) is 6.61. The molecule has 9 nitrogen and oxygen atoms in total. The third-order valence-electron chi connectivity index (χ3n) is 4.93. The predicted octanol–water partition coefficient (Wildman–Crippen LogP) is 0.910. The van der Waals surface area contributed by atoms with Gasteiger partial charge in [-0.3, -0.25) is 19.8 Å². The van der Waals surface area contributed by atoms with E-state index in [1.807, 2.05) is 4.90 Å². The van der Waals surface area contributed by atoms with E-state index in [1.54, 1.807) is 25.1 Å². The average molecular weight is 376 g/mol. The number of nitrogens with zero attached hydrogens (tertiary/aromatic N) is 1. The highest BCUT2D eigenvalue weighted by molar-refractivity contribution is 5.96. The predicted molar refractivity (Wildman–Crippen MR) is 97.6 cm³/mol. The van der Waals surface area contributed by atoms with Crippen LogP contribution in [-0.4, -0.2) is 55.7 Å². The lowest BCUT2D eigenvalue weighted by atomic mass is 9.94. The van der Waals surface area contributed by atoms with E-state index in [-0.39, 0.29) is 24.5 Å². The molecule has 3 rings (SSSR count). The first kappa shape index (κ1) is 19.0. The maximum atomic E-state index is 12.5. The van der Waals surface area contributed by atoms with E-state index in [4.69, 9.17) is 9.47 Å². The summed E-state index contributed by atoms with van der Waals surface area (Å²) in [5, 5.41) is 7.55. The number of benzene rings is 1. The van der Waals surface area contributed by atoms with Crippen molar-refractivity contribution in [2.75, 3.05) is 32.2 Å². The Morgan fingerprint density at radius 1 is 1.15 bits per heavy atom. The Kier molecular flexibility index (Phi) is 5.80. The monoisotopic (exact) mass is 376 g/mol. The lowest BCUT2D eigenvalue weighted by molar-refractivity contribution is -0.126. The average Bonchev–Trinajstić information content (AvgIpc) is 3.15. The van der Waals surface area contributed by atoms with Crippen molar-refractivity contribution in [1.82, 2.24) is 15.5 Å². The van der Waals surface area contributed by atoms with Crippen LogP contribution >= 0.6 is 0 Å². The van der Waals surface area contributed by atoms with Crippen LogP contribution in [0.5, 0.6) is 11.5 Å². The van der Waals surface area contributed by atoms with E-state index >= 15 is 0 Å². The molecule has 0 aliphatic carbocycles. The van der Waals surface area contributed by atoms with Gasteiger partial charge in [-0.25, -0.2) is 4.79 Å². The summed E-state index contributed by atoms with van der Waals surface area (Å²) in [5.41, 5.74) is 0.671. The molecule has 0 unspecified atom stereocenters. The number of amides is 4. The Morgan fingerprint density at radius 3 is 2.56 bits per heavy atom. The van der Waals surface area contributed by atoms with Gasteiger partial charge in [0.1, 0.15) is 0 Å². The van der Waals surface area contributed by atoms with Crippen molar-refractivity contribution in [2.45, 2.75) is 25.8 Å². The van der Waals surface area contributed by atoms with Gasteiger partial charge in [0, 0.05) is 24.7 Å². The second-order valence-electron chi connectivity index (χ2n) is 6.61. The summed E-state index contributed by atoms with van der Waals surface area (Å²) < 4.78 is 10.6. The Bertz CT molecular complexity index is 730. The highest BCUT2D eigenvalue weighted by atomic mass is 16.7. The van der Waals surface area contributed by atoms with Gasteiger partial charge < -0.3 is 20.1 Å². The van der Waals surface area contributed by atoms with Crippen molar-refractivity contribution in [1.29, 1.82) is 0 Å². The largest absolute Gasteiger partial charge is 0.454 e. The SMILES string of the molecule is CNC(=O)NC(=O)[C@H](C)N1CCC(C(=O)Nc2ccc3c(c2)OCO3)CC1. The number of rotatable bonds is 4. The van der Waals surface area contributed by atoms with Crippen molar-refractivity contribution >= 4 is 23.5 Å². The highest BCUT2D eigenvalue weighted by Gasteiger charge is 2.30. The van der Waals surface area contributed by atoms with Gasteiger partial charge in [-0.2, -0.15) is 0 Å². The zero-order valence-electron chi connectivity index (χ0n) is 15.4. The number of fused-ring (bicyclic) bond motifs is 1. The number of urea groups is 1. The Balaban J connectivity index is 1.49. The molecule has 1 saturated heterocycles. The molecule has 27 heavy (non-hydrogen) atoms. The molecule has 0 aromatic heterocycles. The molecule has 1 fully saturated rings. The maximum Gasteiger partial charge on any atom is 0.321 e. The summed E-state index contributed by atoms with van der Waals surface area (Å²) in [6, 6.07) is 4.35. The lowest BCUT2D eigenvalue weighted by Crippen LogP contribution is -2.51. The molecule has 3 N–H and O–H groups in total. The van der Waals surface area contributed by atoms with Gasteiger partial charge in [-0.15, -0.1) is 0 Å². The first-order valence-corrected chi connectivity index (χ1v) is 8.95. The smallest absolute Gasteiger partial charge is 0.321 e. The standard InChI is InChI=1S/C18H24N4O5/c1-11(16(23)21-18(25)19-2)22-7-5-12(6-8-22)17(24)20-13-3-4-14-15(9-13)27-10-26-14/h3-4,9,11-12H,5-8,10H2,1-2H3,(H,20,24)(H2,19,21,23,25)/t11-/m0/s1. The van der Waals surface area contributed by atoms with E-state index in [0.717, 1.165) is 0 Å². The number of ether oxygens (including phenoxy) is 2. The minimum atomic E-state index is -0.523. The van der Waals surface area contributed by atoms with Crippen LogP contribution in [0.15, 0.2) is 18.2 Å². The van der Waals surface area contributed by atoms with Crippen LogP contribution in [0.2, 0.25) is 0 Å². The summed E-state index contributed by atoms with van der Waals surface area (Å²) in [5.74, 6) is 0.776. The molecule has 146 valence electrons. The summed E-state index contributed by atoms with van der Waals surface area (Å²) in [4.78, 5) is 37.8. The number of likely N-dealkylation sites (tertiary alicyclic amines) is 1. The van der Waals surface area contributed by atoms with Crippen LogP contribution in [0.25, 0.3) is 0 Å². The Labute approximate surface area is 157 Å². The molecule has 9 heteroatoms. The molecule has 1 atom stereocenters. The fraction of sp³-hybridized carbons (Fsp3) is 0.500. The number of anilines is 1. The van der Waals surface area contributed by atoms with Crippen LogP contribution in [0.3, 0.4) is 0 Å². The molecule has 1 aromatic rings. The summed E-state index contributed by atoms with van der Waals surface area (Å²) >= 11 is 0. The van der Waals surface area contributed by atoms with Crippen molar-refractivity contribution in [3.05, 3.63) is 18.2 Å². The second kappa shape index (κ2) is 8.26. The Morgan fingerprint density at radius 2 is 1.85 bits per heavy atom. The fourth-order valence-electron chi connectivity index (χ4n) is 3.21.